The fourth-order valence-corrected chi connectivity index (χ4v) is 2.51. The molecular formula is C15H20FNO2. The van der Waals surface area contributed by atoms with Gasteiger partial charge in [-0.15, -0.1) is 0 Å². The molecule has 1 fully saturated rings. The first-order valence-corrected chi connectivity index (χ1v) is 6.62. The van der Waals surface area contributed by atoms with Gasteiger partial charge < -0.3 is 9.64 Å². The van der Waals surface area contributed by atoms with Crippen molar-refractivity contribution in [2.75, 3.05) is 25.2 Å². The Balaban J connectivity index is 2.36. The van der Waals surface area contributed by atoms with Crippen LogP contribution in [0.25, 0.3) is 0 Å². The summed E-state index contributed by atoms with van der Waals surface area (Å²) in [6.07, 6.45) is 1.87. The van der Waals surface area contributed by atoms with Gasteiger partial charge in [0.15, 0.2) is 5.78 Å². The maximum absolute atomic E-state index is 13.6. The fraction of sp³-hybridized carbons (Fsp3) is 0.533. The average Bonchev–Trinajstić information content (AvgIpc) is 2.41. The van der Waals surface area contributed by atoms with Crippen molar-refractivity contribution in [2.24, 2.45) is 0 Å². The number of hydrogen-bond acceptors (Lipinski definition) is 3. The molecule has 0 atom stereocenters. The first-order valence-electron chi connectivity index (χ1n) is 6.62. The minimum absolute atomic E-state index is 0.104. The van der Waals surface area contributed by atoms with Crippen LogP contribution in [0.3, 0.4) is 0 Å². The lowest BCUT2D eigenvalue weighted by Gasteiger charge is -2.34. The molecule has 0 spiro atoms. The Morgan fingerprint density at radius 3 is 2.58 bits per heavy atom. The minimum atomic E-state index is -0.325. The van der Waals surface area contributed by atoms with Crippen LogP contribution in [0.1, 0.15) is 35.7 Å². The van der Waals surface area contributed by atoms with Crippen LogP contribution in [-0.2, 0) is 4.74 Å². The highest BCUT2D eigenvalue weighted by molar-refractivity contribution is 6.00. The highest BCUT2D eigenvalue weighted by Gasteiger charge is 2.22. The Hall–Kier alpha value is -1.42. The number of rotatable bonds is 3. The third kappa shape index (κ3) is 2.95. The zero-order valence-electron chi connectivity index (χ0n) is 11.7. The molecule has 104 valence electrons. The highest BCUT2D eigenvalue weighted by atomic mass is 19.1. The van der Waals surface area contributed by atoms with Gasteiger partial charge in [-0.25, -0.2) is 4.39 Å². The maximum Gasteiger partial charge on any atom is 0.161 e. The van der Waals surface area contributed by atoms with Crippen LogP contribution in [0, 0.1) is 12.7 Å². The molecule has 0 radical (unpaired) electrons. The molecule has 4 heteroatoms. The molecule has 1 saturated heterocycles. The lowest BCUT2D eigenvalue weighted by Crippen LogP contribution is -2.37. The quantitative estimate of drug-likeness (QED) is 0.787. The predicted octanol–water partition coefficient (Wildman–Crippen LogP) is 2.95. The Morgan fingerprint density at radius 2 is 2.00 bits per heavy atom. The van der Waals surface area contributed by atoms with E-state index in [0.29, 0.717) is 17.2 Å². The van der Waals surface area contributed by atoms with Gasteiger partial charge >= 0.3 is 0 Å². The van der Waals surface area contributed by atoms with Crippen molar-refractivity contribution in [3.05, 3.63) is 29.1 Å². The average molecular weight is 265 g/mol. The van der Waals surface area contributed by atoms with E-state index in [1.807, 2.05) is 7.05 Å². The molecular weight excluding hydrogens is 245 g/mol. The molecule has 1 aliphatic heterocycles. The van der Waals surface area contributed by atoms with E-state index >= 15 is 0 Å². The topological polar surface area (TPSA) is 29.5 Å². The first kappa shape index (κ1) is 14.0. The molecule has 0 saturated carbocycles. The highest BCUT2D eigenvalue weighted by Crippen LogP contribution is 2.28. The van der Waals surface area contributed by atoms with E-state index in [2.05, 4.69) is 4.90 Å². The summed E-state index contributed by atoms with van der Waals surface area (Å²) in [5.41, 5.74) is 1.84. The van der Waals surface area contributed by atoms with Gasteiger partial charge in [0.25, 0.3) is 0 Å². The Morgan fingerprint density at radius 1 is 1.37 bits per heavy atom. The maximum atomic E-state index is 13.6. The summed E-state index contributed by atoms with van der Waals surface area (Å²) in [7, 11) is 1.97. The van der Waals surface area contributed by atoms with Crippen molar-refractivity contribution in [1.82, 2.24) is 0 Å². The smallest absolute Gasteiger partial charge is 0.161 e. The number of carbonyl (C=O) groups is 1. The molecule has 0 aliphatic carbocycles. The van der Waals surface area contributed by atoms with Gasteiger partial charge in [-0.2, -0.15) is 0 Å². The zero-order chi connectivity index (χ0) is 14.0. The normalized spacial score (nSPS) is 16.4. The van der Waals surface area contributed by atoms with E-state index in [0.717, 1.165) is 31.7 Å². The molecule has 1 aromatic carbocycles. The molecule has 2 rings (SSSR count). The first-order chi connectivity index (χ1) is 9.00. The SMILES string of the molecule is CC(=O)c1cc(F)c(C)cc1N(C)C1CCOCC1. The van der Waals surface area contributed by atoms with Crippen molar-refractivity contribution in [1.29, 1.82) is 0 Å². The lowest BCUT2D eigenvalue weighted by atomic mass is 10.0. The predicted molar refractivity (Wildman–Crippen MR) is 73.4 cm³/mol. The van der Waals surface area contributed by atoms with Gasteiger partial charge in [-0.05, 0) is 44.4 Å². The van der Waals surface area contributed by atoms with Crippen molar-refractivity contribution < 1.29 is 13.9 Å². The summed E-state index contributed by atoms with van der Waals surface area (Å²) in [5, 5.41) is 0. The van der Waals surface area contributed by atoms with Gasteiger partial charge in [0, 0.05) is 37.6 Å². The number of halogens is 1. The van der Waals surface area contributed by atoms with Crippen LogP contribution in [-0.4, -0.2) is 32.1 Å². The molecule has 0 unspecified atom stereocenters. The van der Waals surface area contributed by atoms with E-state index < -0.39 is 0 Å². The standard InChI is InChI=1S/C15H20FNO2/c1-10-8-15(13(11(2)18)9-14(10)16)17(3)12-4-6-19-7-5-12/h8-9,12H,4-7H2,1-3H3. The molecule has 0 bridgehead atoms. The molecule has 0 N–H and O–H groups in total. The monoisotopic (exact) mass is 265 g/mol. The van der Waals surface area contributed by atoms with E-state index in [1.165, 1.54) is 13.0 Å². The molecule has 0 aromatic heterocycles. The molecule has 3 nitrogen and oxygen atoms in total. The number of ketones is 1. The van der Waals surface area contributed by atoms with Gasteiger partial charge in [-0.1, -0.05) is 0 Å². The minimum Gasteiger partial charge on any atom is -0.381 e. The van der Waals surface area contributed by atoms with E-state index in [-0.39, 0.29) is 11.6 Å². The van der Waals surface area contributed by atoms with Crippen LogP contribution in [0.5, 0.6) is 0 Å². The summed E-state index contributed by atoms with van der Waals surface area (Å²) in [6.45, 7) is 4.68. The second kappa shape index (κ2) is 5.70. The number of nitrogens with zero attached hydrogens (tertiary/aromatic N) is 1. The Bertz CT molecular complexity index is 481. The Kier molecular flexibility index (Phi) is 4.20. The number of ether oxygens (including phenoxy) is 1. The zero-order valence-corrected chi connectivity index (χ0v) is 11.7. The summed E-state index contributed by atoms with van der Waals surface area (Å²) in [5.74, 6) is -0.429. The third-order valence-corrected chi connectivity index (χ3v) is 3.77. The molecule has 1 aliphatic rings. The molecule has 19 heavy (non-hydrogen) atoms. The van der Waals surface area contributed by atoms with E-state index in [4.69, 9.17) is 4.74 Å². The summed E-state index contributed by atoms with van der Waals surface area (Å²) in [6, 6.07) is 3.46. The van der Waals surface area contributed by atoms with Gasteiger partial charge in [-0.3, -0.25) is 4.79 Å². The van der Waals surface area contributed by atoms with Crippen LogP contribution in [0.15, 0.2) is 12.1 Å². The largest absolute Gasteiger partial charge is 0.381 e. The number of hydrogen-bond donors (Lipinski definition) is 0. The number of Topliss-reactive ketones (excluding diaryl/α,β-unsaturated/α-hetero) is 1. The van der Waals surface area contributed by atoms with Crippen molar-refractivity contribution in [3.8, 4) is 0 Å². The summed E-state index contributed by atoms with van der Waals surface area (Å²) in [4.78, 5) is 13.8. The molecule has 1 heterocycles. The number of aryl methyl sites for hydroxylation is 1. The van der Waals surface area contributed by atoms with Crippen molar-refractivity contribution >= 4 is 11.5 Å². The lowest BCUT2D eigenvalue weighted by molar-refractivity contribution is 0.0854. The second-order valence-electron chi connectivity index (χ2n) is 5.13. The summed E-state index contributed by atoms with van der Waals surface area (Å²) >= 11 is 0. The number of carbonyl (C=O) groups excluding carboxylic acids is 1. The van der Waals surface area contributed by atoms with Gasteiger partial charge in [0.1, 0.15) is 5.82 Å². The van der Waals surface area contributed by atoms with Crippen molar-refractivity contribution in [3.63, 3.8) is 0 Å². The van der Waals surface area contributed by atoms with Crippen molar-refractivity contribution in [2.45, 2.75) is 32.7 Å². The van der Waals surface area contributed by atoms with Crippen LogP contribution < -0.4 is 4.90 Å². The van der Waals surface area contributed by atoms with E-state index in [1.54, 1.807) is 13.0 Å². The van der Waals surface area contributed by atoms with Gasteiger partial charge in [0.05, 0.1) is 0 Å². The van der Waals surface area contributed by atoms with Crippen LogP contribution >= 0.6 is 0 Å². The number of benzene rings is 1. The van der Waals surface area contributed by atoms with Crippen LogP contribution in [0.2, 0.25) is 0 Å². The summed E-state index contributed by atoms with van der Waals surface area (Å²) < 4.78 is 19.0. The molecule has 1 aromatic rings. The van der Waals surface area contributed by atoms with Crippen LogP contribution in [0.4, 0.5) is 10.1 Å². The molecule has 0 amide bonds. The third-order valence-electron chi connectivity index (χ3n) is 3.77. The fourth-order valence-electron chi connectivity index (χ4n) is 2.51. The second-order valence-corrected chi connectivity index (χ2v) is 5.13. The number of anilines is 1. The Labute approximate surface area is 113 Å². The van der Waals surface area contributed by atoms with E-state index in [9.17, 15) is 9.18 Å². The van der Waals surface area contributed by atoms with Gasteiger partial charge in [0.2, 0.25) is 0 Å².